The van der Waals surface area contributed by atoms with Gasteiger partial charge in [-0.15, -0.1) is 0 Å². The van der Waals surface area contributed by atoms with Crippen LogP contribution < -0.4 is 0 Å². The Bertz CT molecular complexity index is 657. The Labute approximate surface area is 132 Å². The second kappa shape index (κ2) is 6.87. The number of rotatable bonds is 6. The van der Waals surface area contributed by atoms with Crippen LogP contribution in [0.15, 0.2) is 15.4 Å². The number of ether oxygens (including phenoxy) is 1. The van der Waals surface area contributed by atoms with Crippen LogP contribution in [0.5, 0.6) is 0 Å². The molecule has 0 heterocycles. The van der Waals surface area contributed by atoms with Gasteiger partial charge in [0.05, 0.1) is 17.1 Å². The predicted octanol–water partition coefficient (Wildman–Crippen LogP) is 2.03. The van der Waals surface area contributed by atoms with E-state index in [1.807, 2.05) is 0 Å². The van der Waals surface area contributed by atoms with E-state index in [0.717, 1.165) is 4.31 Å². The molecule has 0 unspecified atom stereocenters. The Morgan fingerprint density at radius 2 is 1.95 bits per heavy atom. The molecule has 6 nitrogen and oxygen atoms in total. The Morgan fingerprint density at radius 3 is 2.43 bits per heavy atom. The third-order valence-electron chi connectivity index (χ3n) is 3.25. The molecular formula is C13H18BrNO5S. The fourth-order valence-electron chi connectivity index (χ4n) is 1.95. The SMILES string of the molecule is COCCN(C)S(=O)(=O)c1cc(Br)c(C)c(C(=O)O)c1C. The lowest BCUT2D eigenvalue weighted by Gasteiger charge is -2.20. The van der Waals surface area contributed by atoms with E-state index in [4.69, 9.17) is 4.74 Å². The second-order valence-electron chi connectivity index (χ2n) is 4.61. The third-order valence-corrected chi connectivity index (χ3v) is 6.05. The van der Waals surface area contributed by atoms with Crippen molar-refractivity contribution in [2.45, 2.75) is 18.7 Å². The second-order valence-corrected chi connectivity index (χ2v) is 7.47. The highest BCUT2D eigenvalue weighted by Gasteiger charge is 2.27. The van der Waals surface area contributed by atoms with E-state index in [9.17, 15) is 18.3 Å². The van der Waals surface area contributed by atoms with Gasteiger partial charge in [-0.05, 0) is 31.0 Å². The third kappa shape index (κ3) is 3.63. The van der Waals surface area contributed by atoms with Crippen molar-refractivity contribution < 1.29 is 23.1 Å². The number of benzene rings is 1. The van der Waals surface area contributed by atoms with Gasteiger partial charge >= 0.3 is 5.97 Å². The number of sulfonamides is 1. The zero-order valence-electron chi connectivity index (χ0n) is 12.3. The molecule has 1 aromatic rings. The molecule has 0 bridgehead atoms. The zero-order chi connectivity index (χ0) is 16.4. The summed E-state index contributed by atoms with van der Waals surface area (Å²) in [4.78, 5) is 11.3. The van der Waals surface area contributed by atoms with Crippen LogP contribution in [0.4, 0.5) is 0 Å². The molecule has 0 amide bonds. The predicted molar refractivity (Wildman–Crippen MR) is 82.3 cm³/mol. The van der Waals surface area contributed by atoms with Crippen molar-refractivity contribution >= 4 is 31.9 Å². The number of carboxylic acid groups (broad SMARTS) is 1. The van der Waals surface area contributed by atoms with Crippen LogP contribution in [-0.4, -0.2) is 51.1 Å². The first kappa shape index (κ1) is 18.1. The summed E-state index contributed by atoms with van der Waals surface area (Å²) in [5.41, 5.74) is 0.731. The van der Waals surface area contributed by atoms with Gasteiger partial charge in [0.25, 0.3) is 0 Å². The summed E-state index contributed by atoms with van der Waals surface area (Å²) in [6.07, 6.45) is 0. The molecule has 1 N–H and O–H groups in total. The molecule has 118 valence electrons. The fraction of sp³-hybridized carbons (Fsp3) is 0.462. The number of likely N-dealkylation sites (N-methyl/N-ethyl adjacent to an activating group) is 1. The van der Waals surface area contributed by atoms with Gasteiger partial charge in [0.2, 0.25) is 10.0 Å². The van der Waals surface area contributed by atoms with Gasteiger partial charge in [-0.2, -0.15) is 4.31 Å². The molecule has 0 aliphatic rings. The molecule has 0 atom stereocenters. The highest BCUT2D eigenvalue weighted by Crippen LogP contribution is 2.30. The highest BCUT2D eigenvalue weighted by atomic mass is 79.9. The van der Waals surface area contributed by atoms with E-state index in [1.165, 1.54) is 27.1 Å². The van der Waals surface area contributed by atoms with Crippen LogP contribution in [0.3, 0.4) is 0 Å². The number of methoxy groups -OCH3 is 1. The van der Waals surface area contributed by atoms with Gasteiger partial charge in [0.1, 0.15) is 0 Å². The molecule has 1 aromatic carbocycles. The highest BCUT2D eigenvalue weighted by molar-refractivity contribution is 9.10. The van der Waals surface area contributed by atoms with Crippen molar-refractivity contribution in [1.82, 2.24) is 4.31 Å². The number of nitrogens with zero attached hydrogens (tertiary/aromatic N) is 1. The van der Waals surface area contributed by atoms with Crippen LogP contribution in [0.1, 0.15) is 21.5 Å². The van der Waals surface area contributed by atoms with E-state index in [1.54, 1.807) is 6.92 Å². The van der Waals surface area contributed by atoms with E-state index in [-0.39, 0.29) is 29.2 Å². The average molecular weight is 380 g/mol. The minimum Gasteiger partial charge on any atom is -0.478 e. The quantitative estimate of drug-likeness (QED) is 0.817. The first-order chi connectivity index (χ1) is 9.64. The van der Waals surface area contributed by atoms with Gasteiger partial charge in [-0.25, -0.2) is 13.2 Å². The first-order valence-electron chi connectivity index (χ1n) is 6.12. The summed E-state index contributed by atoms with van der Waals surface area (Å²) in [7, 11) is -0.862. The van der Waals surface area contributed by atoms with Gasteiger partial charge in [-0.3, -0.25) is 0 Å². The normalized spacial score (nSPS) is 11.9. The van der Waals surface area contributed by atoms with E-state index in [0.29, 0.717) is 10.0 Å². The number of hydrogen-bond acceptors (Lipinski definition) is 4. The van der Waals surface area contributed by atoms with Gasteiger partial charge < -0.3 is 9.84 Å². The number of carboxylic acids is 1. The smallest absolute Gasteiger partial charge is 0.336 e. The largest absolute Gasteiger partial charge is 0.478 e. The van der Waals surface area contributed by atoms with E-state index in [2.05, 4.69) is 15.9 Å². The number of carbonyl (C=O) groups is 1. The Hall–Kier alpha value is -0.960. The molecule has 8 heteroatoms. The fourth-order valence-corrected chi connectivity index (χ4v) is 3.94. The van der Waals surface area contributed by atoms with Gasteiger partial charge in [0, 0.05) is 25.2 Å². The Morgan fingerprint density at radius 1 is 1.38 bits per heavy atom. The van der Waals surface area contributed by atoms with E-state index >= 15 is 0 Å². The van der Waals surface area contributed by atoms with Crippen molar-refractivity contribution in [2.75, 3.05) is 27.3 Å². The van der Waals surface area contributed by atoms with Crippen LogP contribution >= 0.6 is 15.9 Å². The molecule has 0 radical (unpaired) electrons. The zero-order valence-corrected chi connectivity index (χ0v) is 14.7. The maximum atomic E-state index is 12.6. The maximum Gasteiger partial charge on any atom is 0.336 e. The lowest BCUT2D eigenvalue weighted by atomic mass is 10.0. The summed E-state index contributed by atoms with van der Waals surface area (Å²) in [6, 6.07) is 1.44. The van der Waals surface area contributed by atoms with Crippen molar-refractivity contribution in [2.24, 2.45) is 0 Å². The lowest BCUT2D eigenvalue weighted by molar-refractivity contribution is 0.0695. The Balaban J connectivity index is 3.47. The lowest BCUT2D eigenvalue weighted by Crippen LogP contribution is -2.31. The number of aromatic carboxylic acids is 1. The summed E-state index contributed by atoms with van der Waals surface area (Å²) in [5, 5.41) is 9.29. The molecular weight excluding hydrogens is 362 g/mol. The van der Waals surface area contributed by atoms with Gasteiger partial charge in [-0.1, -0.05) is 15.9 Å². The molecule has 1 rings (SSSR count). The molecule has 0 aliphatic carbocycles. The molecule has 0 fully saturated rings. The summed E-state index contributed by atoms with van der Waals surface area (Å²) in [6.45, 7) is 3.57. The van der Waals surface area contributed by atoms with Crippen molar-refractivity contribution in [3.8, 4) is 0 Å². The first-order valence-corrected chi connectivity index (χ1v) is 8.36. The minimum atomic E-state index is -3.78. The molecule has 0 aliphatic heterocycles. The standard InChI is InChI=1S/C13H18BrNO5S/c1-8-10(14)7-11(9(2)12(8)13(16)17)21(18,19)15(3)5-6-20-4/h7H,5-6H2,1-4H3,(H,16,17). The van der Waals surface area contributed by atoms with Crippen molar-refractivity contribution in [1.29, 1.82) is 0 Å². The van der Waals surface area contributed by atoms with Crippen LogP contribution in [0.2, 0.25) is 0 Å². The average Bonchev–Trinajstić information content (AvgIpc) is 2.39. The number of halogens is 1. The van der Waals surface area contributed by atoms with Crippen LogP contribution in [0, 0.1) is 13.8 Å². The summed E-state index contributed by atoms with van der Waals surface area (Å²) < 4.78 is 31.6. The van der Waals surface area contributed by atoms with E-state index < -0.39 is 16.0 Å². The van der Waals surface area contributed by atoms with Crippen molar-refractivity contribution in [3.05, 3.63) is 27.2 Å². The van der Waals surface area contributed by atoms with Crippen molar-refractivity contribution in [3.63, 3.8) is 0 Å². The van der Waals surface area contributed by atoms with Crippen LogP contribution in [-0.2, 0) is 14.8 Å². The monoisotopic (exact) mass is 379 g/mol. The topological polar surface area (TPSA) is 83.9 Å². The molecule has 21 heavy (non-hydrogen) atoms. The molecule has 0 aromatic heterocycles. The van der Waals surface area contributed by atoms with Crippen LogP contribution in [0.25, 0.3) is 0 Å². The summed E-state index contributed by atoms with van der Waals surface area (Å²) >= 11 is 3.22. The number of hydrogen-bond donors (Lipinski definition) is 1. The minimum absolute atomic E-state index is 0.00286. The molecule has 0 saturated carbocycles. The summed E-state index contributed by atoms with van der Waals surface area (Å²) in [5.74, 6) is -1.15. The maximum absolute atomic E-state index is 12.6. The molecule has 0 spiro atoms. The Kier molecular flexibility index (Phi) is 5.92. The van der Waals surface area contributed by atoms with Gasteiger partial charge in [0.15, 0.2) is 0 Å². The molecule has 0 saturated heterocycles.